The summed E-state index contributed by atoms with van der Waals surface area (Å²) in [5, 5.41) is 19.3. The Hall–Kier alpha value is -1.51. The molecule has 0 saturated heterocycles. The first-order valence-corrected chi connectivity index (χ1v) is 4.76. The number of aromatic hydroxyl groups is 2. The Bertz CT molecular complexity index is 436. The van der Waals surface area contributed by atoms with E-state index in [0.717, 1.165) is 12.0 Å². The molecule has 2 aliphatic carbocycles. The number of hydrogen-bond donors (Lipinski definition) is 2. The number of carbonyl (C=O) groups excluding carboxylic acids is 1. The molecule has 0 amide bonds. The molecule has 2 bridgehead atoms. The average molecular weight is 190 g/mol. The molecule has 1 aromatic rings. The van der Waals surface area contributed by atoms with Gasteiger partial charge in [-0.2, -0.15) is 0 Å². The van der Waals surface area contributed by atoms with Gasteiger partial charge in [0.1, 0.15) is 17.3 Å². The first-order valence-electron chi connectivity index (χ1n) is 4.76. The van der Waals surface area contributed by atoms with Crippen molar-refractivity contribution in [3.05, 3.63) is 23.3 Å². The molecule has 0 aromatic heterocycles. The fraction of sp³-hybridized carbons (Fsp3) is 0.364. The molecule has 0 spiro atoms. The van der Waals surface area contributed by atoms with E-state index in [4.69, 9.17) is 0 Å². The van der Waals surface area contributed by atoms with E-state index < -0.39 is 0 Å². The number of benzene rings is 1. The smallest absolute Gasteiger partial charge is 0.141 e. The largest absolute Gasteiger partial charge is 0.508 e. The van der Waals surface area contributed by atoms with E-state index in [-0.39, 0.29) is 29.1 Å². The number of rotatable bonds is 0. The molecule has 1 fully saturated rings. The van der Waals surface area contributed by atoms with E-state index in [0.29, 0.717) is 12.0 Å². The second-order valence-electron chi connectivity index (χ2n) is 4.09. The summed E-state index contributed by atoms with van der Waals surface area (Å²) in [6.45, 7) is 0. The van der Waals surface area contributed by atoms with Crippen molar-refractivity contribution in [3.63, 3.8) is 0 Å². The average Bonchev–Trinajstić information content (AvgIpc) is 2.68. The third kappa shape index (κ3) is 0.750. The molecule has 72 valence electrons. The SMILES string of the molecule is O=C1CC2CC1c1c(O)ccc(O)c12. The van der Waals surface area contributed by atoms with Crippen LogP contribution in [0.15, 0.2) is 12.1 Å². The van der Waals surface area contributed by atoms with Crippen LogP contribution in [-0.4, -0.2) is 16.0 Å². The van der Waals surface area contributed by atoms with Crippen LogP contribution in [0.2, 0.25) is 0 Å². The number of phenolic OH excluding ortho intramolecular Hbond substituents is 2. The van der Waals surface area contributed by atoms with Crippen molar-refractivity contribution in [2.75, 3.05) is 0 Å². The van der Waals surface area contributed by atoms with Gasteiger partial charge in [-0.3, -0.25) is 4.79 Å². The lowest BCUT2D eigenvalue weighted by molar-refractivity contribution is -0.119. The Morgan fingerprint density at radius 1 is 1.14 bits per heavy atom. The van der Waals surface area contributed by atoms with Crippen LogP contribution in [0.1, 0.15) is 35.8 Å². The minimum Gasteiger partial charge on any atom is -0.508 e. The van der Waals surface area contributed by atoms with Gasteiger partial charge in [0.25, 0.3) is 0 Å². The van der Waals surface area contributed by atoms with E-state index >= 15 is 0 Å². The van der Waals surface area contributed by atoms with Crippen LogP contribution in [-0.2, 0) is 4.79 Å². The molecular weight excluding hydrogens is 180 g/mol. The number of Topliss-reactive ketones (excluding diaryl/α,β-unsaturated/α-hetero) is 1. The van der Waals surface area contributed by atoms with Gasteiger partial charge >= 0.3 is 0 Å². The lowest BCUT2D eigenvalue weighted by atomic mass is 9.89. The quantitative estimate of drug-likeness (QED) is 0.611. The van der Waals surface area contributed by atoms with Crippen molar-refractivity contribution in [1.82, 2.24) is 0 Å². The van der Waals surface area contributed by atoms with E-state index in [1.165, 1.54) is 12.1 Å². The van der Waals surface area contributed by atoms with Crippen LogP contribution in [0.5, 0.6) is 11.5 Å². The number of ketones is 1. The molecule has 0 aliphatic heterocycles. The van der Waals surface area contributed by atoms with Gasteiger partial charge in [0.05, 0.1) is 0 Å². The maximum atomic E-state index is 11.5. The van der Waals surface area contributed by atoms with E-state index in [9.17, 15) is 15.0 Å². The van der Waals surface area contributed by atoms with Crippen molar-refractivity contribution < 1.29 is 15.0 Å². The van der Waals surface area contributed by atoms with Gasteiger partial charge in [-0.25, -0.2) is 0 Å². The zero-order chi connectivity index (χ0) is 9.87. The molecule has 3 heteroatoms. The minimum absolute atomic E-state index is 0.134. The zero-order valence-electron chi connectivity index (χ0n) is 7.53. The van der Waals surface area contributed by atoms with E-state index in [1.54, 1.807) is 0 Å². The lowest BCUT2D eigenvalue weighted by Crippen LogP contribution is -2.09. The Balaban J connectivity index is 2.30. The first kappa shape index (κ1) is 7.85. The minimum atomic E-state index is -0.165. The highest BCUT2D eigenvalue weighted by Crippen LogP contribution is 2.56. The third-order valence-corrected chi connectivity index (χ3v) is 3.35. The summed E-state index contributed by atoms with van der Waals surface area (Å²) in [6, 6.07) is 2.96. The topological polar surface area (TPSA) is 57.5 Å². The molecule has 0 radical (unpaired) electrons. The van der Waals surface area contributed by atoms with Crippen LogP contribution in [0.3, 0.4) is 0 Å². The van der Waals surface area contributed by atoms with E-state index in [1.807, 2.05) is 0 Å². The molecular formula is C11H10O3. The Kier molecular flexibility index (Phi) is 1.29. The summed E-state index contributed by atoms with van der Waals surface area (Å²) in [4.78, 5) is 11.5. The van der Waals surface area contributed by atoms with Crippen LogP contribution in [0, 0.1) is 0 Å². The zero-order valence-corrected chi connectivity index (χ0v) is 7.53. The van der Waals surface area contributed by atoms with E-state index in [2.05, 4.69) is 0 Å². The maximum absolute atomic E-state index is 11.5. The molecule has 14 heavy (non-hydrogen) atoms. The molecule has 2 aliphatic rings. The van der Waals surface area contributed by atoms with Crippen molar-refractivity contribution in [2.24, 2.45) is 0 Å². The van der Waals surface area contributed by atoms with Gasteiger partial charge in [0.2, 0.25) is 0 Å². The normalized spacial score (nSPS) is 28.1. The number of hydrogen-bond acceptors (Lipinski definition) is 3. The monoisotopic (exact) mass is 190 g/mol. The fourth-order valence-electron chi connectivity index (χ4n) is 2.79. The maximum Gasteiger partial charge on any atom is 0.141 e. The summed E-state index contributed by atoms with van der Waals surface area (Å²) < 4.78 is 0. The van der Waals surface area contributed by atoms with Crippen molar-refractivity contribution in [2.45, 2.75) is 24.7 Å². The summed E-state index contributed by atoms with van der Waals surface area (Å²) in [5.41, 5.74) is 1.47. The van der Waals surface area contributed by atoms with Crippen molar-refractivity contribution in [1.29, 1.82) is 0 Å². The molecule has 2 atom stereocenters. The van der Waals surface area contributed by atoms with Gasteiger partial charge in [0, 0.05) is 23.5 Å². The van der Waals surface area contributed by atoms with Crippen LogP contribution in [0.25, 0.3) is 0 Å². The second kappa shape index (κ2) is 2.29. The van der Waals surface area contributed by atoms with Crippen molar-refractivity contribution >= 4 is 5.78 Å². The second-order valence-corrected chi connectivity index (χ2v) is 4.09. The number of fused-ring (bicyclic) bond motifs is 5. The number of phenols is 2. The Morgan fingerprint density at radius 2 is 1.79 bits per heavy atom. The molecule has 1 saturated carbocycles. The highest BCUT2D eigenvalue weighted by Gasteiger charge is 2.45. The Labute approximate surface area is 81.0 Å². The van der Waals surface area contributed by atoms with Crippen molar-refractivity contribution in [3.8, 4) is 11.5 Å². The highest BCUT2D eigenvalue weighted by molar-refractivity contribution is 5.93. The highest BCUT2D eigenvalue weighted by atomic mass is 16.3. The molecule has 3 rings (SSSR count). The summed E-state index contributed by atoms with van der Waals surface area (Å²) >= 11 is 0. The van der Waals surface area contributed by atoms with Gasteiger partial charge in [-0.1, -0.05) is 0 Å². The molecule has 1 aromatic carbocycles. The van der Waals surface area contributed by atoms with Gasteiger partial charge in [-0.05, 0) is 24.5 Å². The third-order valence-electron chi connectivity index (χ3n) is 3.35. The molecule has 0 heterocycles. The predicted molar refractivity (Wildman–Crippen MR) is 49.5 cm³/mol. The lowest BCUT2D eigenvalue weighted by Gasteiger charge is -2.16. The van der Waals surface area contributed by atoms with Gasteiger partial charge in [-0.15, -0.1) is 0 Å². The fourth-order valence-corrected chi connectivity index (χ4v) is 2.79. The van der Waals surface area contributed by atoms with Crippen LogP contribution in [0.4, 0.5) is 0 Å². The standard InChI is InChI=1S/C11H10O3/c12-7-1-2-8(13)11-6-3-5(10(7)11)4-9(6)14/h1-2,5-6,12-13H,3-4H2. The summed E-state index contributed by atoms with van der Waals surface area (Å²) in [6.07, 6.45) is 1.29. The van der Waals surface area contributed by atoms with Gasteiger partial charge in [0.15, 0.2) is 0 Å². The Morgan fingerprint density at radius 3 is 2.50 bits per heavy atom. The predicted octanol–water partition coefficient (Wildman–Crippen LogP) is 1.64. The number of carbonyl (C=O) groups is 1. The molecule has 3 nitrogen and oxygen atoms in total. The van der Waals surface area contributed by atoms with Gasteiger partial charge < -0.3 is 10.2 Å². The summed E-state index contributed by atoms with van der Waals surface area (Å²) in [7, 11) is 0. The summed E-state index contributed by atoms with van der Waals surface area (Å²) in [5.74, 6) is 0.538. The molecule has 2 unspecified atom stereocenters. The van der Waals surface area contributed by atoms with Crippen LogP contribution >= 0.6 is 0 Å². The van der Waals surface area contributed by atoms with Crippen LogP contribution < -0.4 is 0 Å². The molecule has 2 N–H and O–H groups in total. The first-order chi connectivity index (χ1) is 6.68.